The van der Waals surface area contributed by atoms with Gasteiger partial charge in [0.2, 0.25) is 15.9 Å². The quantitative estimate of drug-likeness (QED) is 0.708. The minimum Gasteiger partial charge on any atom is -0.493 e. The Kier molecular flexibility index (Phi) is 6.84. The summed E-state index contributed by atoms with van der Waals surface area (Å²) in [6.45, 7) is -0.113. The summed E-state index contributed by atoms with van der Waals surface area (Å²) >= 11 is 5.79. The fraction of sp³-hybridized carbons (Fsp3) is 0.235. The molecular formula is C17H19ClN2O5S. The first-order valence-electron chi connectivity index (χ1n) is 7.58. The van der Waals surface area contributed by atoms with Crippen molar-refractivity contribution in [2.45, 2.75) is 11.4 Å². The van der Waals surface area contributed by atoms with E-state index in [1.165, 1.54) is 32.4 Å². The average molecular weight is 399 g/mol. The Hall–Kier alpha value is -2.29. The van der Waals surface area contributed by atoms with Crippen LogP contribution in [0.5, 0.6) is 11.5 Å². The Morgan fingerprint density at radius 2 is 1.69 bits per heavy atom. The Morgan fingerprint density at radius 1 is 1.04 bits per heavy atom. The summed E-state index contributed by atoms with van der Waals surface area (Å²) in [6.07, 6.45) is 0. The van der Waals surface area contributed by atoms with Gasteiger partial charge in [-0.3, -0.25) is 4.79 Å². The van der Waals surface area contributed by atoms with Gasteiger partial charge in [-0.15, -0.1) is 0 Å². The molecule has 0 heterocycles. The Bertz CT molecular complexity index is 869. The van der Waals surface area contributed by atoms with E-state index >= 15 is 0 Å². The summed E-state index contributed by atoms with van der Waals surface area (Å²) in [5.41, 5.74) is 0.852. The summed E-state index contributed by atoms with van der Waals surface area (Å²) in [7, 11) is -1.00. The standard InChI is InChI=1S/C17H19ClN2O5S/c1-24-15-8-7-14(9-16(15)25-2)26(22,23)20-11-17(21)19-10-12-3-5-13(18)6-4-12/h3-9,20H,10-11H2,1-2H3,(H,19,21). The first-order chi connectivity index (χ1) is 12.4. The number of hydrogen-bond donors (Lipinski definition) is 2. The molecule has 2 N–H and O–H groups in total. The van der Waals surface area contributed by atoms with Gasteiger partial charge >= 0.3 is 0 Å². The smallest absolute Gasteiger partial charge is 0.241 e. The summed E-state index contributed by atoms with van der Waals surface area (Å²) in [5.74, 6) is 0.235. The van der Waals surface area contributed by atoms with Crippen LogP contribution in [-0.2, 0) is 21.4 Å². The molecule has 0 aliphatic heterocycles. The lowest BCUT2D eigenvalue weighted by Crippen LogP contribution is -2.36. The lowest BCUT2D eigenvalue weighted by Gasteiger charge is -2.11. The predicted molar refractivity (Wildman–Crippen MR) is 98.0 cm³/mol. The van der Waals surface area contributed by atoms with Gasteiger partial charge in [0.25, 0.3) is 0 Å². The van der Waals surface area contributed by atoms with Crippen LogP contribution in [0.1, 0.15) is 5.56 Å². The second-order valence-electron chi connectivity index (χ2n) is 5.24. The summed E-state index contributed by atoms with van der Waals surface area (Å²) in [6, 6.07) is 11.1. The van der Waals surface area contributed by atoms with Gasteiger partial charge in [-0.1, -0.05) is 23.7 Å². The van der Waals surface area contributed by atoms with Crippen LogP contribution in [0, 0.1) is 0 Å². The maximum Gasteiger partial charge on any atom is 0.241 e. The first-order valence-corrected chi connectivity index (χ1v) is 9.44. The van der Waals surface area contributed by atoms with Crippen LogP contribution in [0.4, 0.5) is 0 Å². The van der Waals surface area contributed by atoms with E-state index in [9.17, 15) is 13.2 Å². The zero-order chi connectivity index (χ0) is 19.2. The van der Waals surface area contributed by atoms with Crippen molar-refractivity contribution in [1.29, 1.82) is 0 Å². The van der Waals surface area contributed by atoms with Crippen molar-refractivity contribution in [2.75, 3.05) is 20.8 Å². The van der Waals surface area contributed by atoms with Gasteiger partial charge < -0.3 is 14.8 Å². The normalized spacial score (nSPS) is 11.0. The van der Waals surface area contributed by atoms with Gasteiger partial charge in [-0.2, -0.15) is 0 Å². The highest BCUT2D eigenvalue weighted by Gasteiger charge is 2.18. The van der Waals surface area contributed by atoms with E-state index in [1.807, 2.05) is 0 Å². The fourth-order valence-electron chi connectivity index (χ4n) is 2.09. The molecule has 140 valence electrons. The molecule has 0 atom stereocenters. The van der Waals surface area contributed by atoms with Crippen molar-refractivity contribution >= 4 is 27.5 Å². The molecular weight excluding hydrogens is 380 g/mol. The number of ether oxygens (including phenoxy) is 2. The molecule has 0 fully saturated rings. The number of rotatable bonds is 8. The van der Waals surface area contributed by atoms with Crippen LogP contribution in [0.15, 0.2) is 47.4 Å². The molecule has 0 saturated carbocycles. The highest BCUT2D eigenvalue weighted by Crippen LogP contribution is 2.29. The summed E-state index contributed by atoms with van der Waals surface area (Å²) in [5, 5.41) is 3.23. The number of amides is 1. The highest BCUT2D eigenvalue weighted by atomic mass is 35.5. The molecule has 2 rings (SSSR count). The van der Waals surface area contributed by atoms with E-state index in [0.29, 0.717) is 10.8 Å². The fourth-order valence-corrected chi connectivity index (χ4v) is 3.22. The number of nitrogens with one attached hydrogen (secondary N) is 2. The van der Waals surface area contributed by atoms with Crippen LogP contribution in [0.25, 0.3) is 0 Å². The van der Waals surface area contributed by atoms with E-state index in [-0.39, 0.29) is 23.7 Å². The Balaban J connectivity index is 1.94. The van der Waals surface area contributed by atoms with E-state index in [1.54, 1.807) is 24.3 Å². The minimum absolute atomic E-state index is 0.0272. The molecule has 0 radical (unpaired) electrons. The van der Waals surface area contributed by atoms with Crippen LogP contribution < -0.4 is 19.5 Å². The third-order valence-corrected chi connectivity index (χ3v) is 5.14. The van der Waals surface area contributed by atoms with E-state index < -0.39 is 15.9 Å². The largest absolute Gasteiger partial charge is 0.493 e. The van der Waals surface area contributed by atoms with Gasteiger partial charge in [0.05, 0.1) is 25.7 Å². The van der Waals surface area contributed by atoms with Gasteiger partial charge in [-0.25, -0.2) is 13.1 Å². The second kappa shape index (κ2) is 8.88. The Labute approximate surface area is 157 Å². The molecule has 0 aliphatic rings. The monoisotopic (exact) mass is 398 g/mol. The maximum absolute atomic E-state index is 12.3. The molecule has 2 aromatic carbocycles. The number of hydrogen-bond acceptors (Lipinski definition) is 5. The number of carbonyl (C=O) groups excluding carboxylic acids is 1. The van der Waals surface area contributed by atoms with E-state index in [4.69, 9.17) is 21.1 Å². The maximum atomic E-state index is 12.3. The van der Waals surface area contributed by atoms with Crippen molar-refractivity contribution in [1.82, 2.24) is 10.0 Å². The van der Waals surface area contributed by atoms with Crippen LogP contribution in [0.2, 0.25) is 5.02 Å². The number of carbonyl (C=O) groups is 1. The van der Waals surface area contributed by atoms with Gasteiger partial charge in [0.15, 0.2) is 11.5 Å². The van der Waals surface area contributed by atoms with Gasteiger partial charge in [0, 0.05) is 17.6 Å². The zero-order valence-electron chi connectivity index (χ0n) is 14.3. The molecule has 0 spiro atoms. The molecule has 0 aliphatic carbocycles. The minimum atomic E-state index is -3.87. The van der Waals surface area contributed by atoms with Crippen molar-refractivity contribution in [2.24, 2.45) is 0 Å². The molecule has 7 nitrogen and oxygen atoms in total. The van der Waals surface area contributed by atoms with Crippen molar-refractivity contribution in [3.8, 4) is 11.5 Å². The first kappa shape index (κ1) is 20.0. The SMILES string of the molecule is COc1ccc(S(=O)(=O)NCC(=O)NCc2ccc(Cl)cc2)cc1OC. The molecule has 2 aromatic rings. The Morgan fingerprint density at radius 3 is 2.31 bits per heavy atom. The van der Waals surface area contributed by atoms with E-state index in [0.717, 1.165) is 5.56 Å². The van der Waals surface area contributed by atoms with Crippen molar-refractivity contribution in [3.05, 3.63) is 53.1 Å². The van der Waals surface area contributed by atoms with Crippen LogP contribution >= 0.6 is 11.6 Å². The number of benzene rings is 2. The molecule has 0 bridgehead atoms. The lowest BCUT2D eigenvalue weighted by molar-refractivity contribution is -0.120. The van der Waals surface area contributed by atoms with Crippen LogP contribution in [0.3, 0.4) is 0 Å². The molecule has 0 saturated heterocycles. The van der Waals surface area contributed by atoms with Crippen molar-refractivity contribution in [3.63, 3.8) is 0 Å². The third kappa shape index (κ3) is 5.35. The number of sulfonamides is 1. The van der Waals surface area contributed by atoms with Crippen LogP contribution in [-0.4, -0.2) is 35.1 Å². The second-order valence-corrected chi connectivity index (χ2v) is 7.45. The molecule has 9 heteroatoms. The molecule has 0 aromatic heterocycles. The van der Waals surface area contributed by atoms with Gasteiger partial charge in [-0.05, 0) is 29.8 Å². The highest BCUT2D eigenvalue weighted by molar-refractivity contribution is 7.89. The molecule has 26 heavy (non-hydrogen) atoms. The van der Waals surface area contributed by atoms with E-state index in [2.05, 4.69) is 10.0 Å². The lowest BCUT2D eigenvalue weighted by atomic mass is 10.2. The molecule has 0 unspecified atom stereocenters. The van der Waals surface area contributed by atoms with Gasteiger partial charge in [0.1, 0.15) is 0 Å². The topological polar surface area (TPSA) is 93.7 Å². The summed E-state index contributed by atoms with van der Waals surface area (Å²) < 4.78 is 37.0. The molecule has 1 amide bonds. The third-order valence-electron chi connectivity index (χ3n) is 3.49. The number of halogens is 1. The zero-order valence-corrected chi connectivity index (χ0v) is 15.9. The van der Waals surface area contributed by atoms with Crippen molar-refractivity contribution < 1.29 is 22.7 Å². The number of methoxy groups -OCH3 is 2. The summed E-state index contributed by atoms with van der Waals surface area (Å²) in [4.78, 5) is 11.8. The predicted octanol–water partition coefficient (Wildman–Crippen LogP) is 1.95. The average Bonchev–Trinajstić information content (AvgIpc) is 2.65.